The summed E-state index contributed by atoms with van der Waals surface area (Å²) in [6.07, 6.45) is 6.02. The molecule has 4 rings (SSSR count). The maximum Gasteiger partial charge on any atom is 0.221 e. The van der Waals surface area contributed by atoms with E-state index in [2.05, 4.69) is 22.1 Å². The number of nitrogens with two attached hydrogens (primary N) is 2. The van der Waals surface area contributed by atoms with E-state index in [-0.39, 0.29) is 5.95 Å². The van der Waals surface area contributed by atoms with E-state index in [0.717, 1.165) is 54.1 Å². The van der Waals surface area contributed by atoms with Gasteiger partial charge in [-0.1, -0.05) is 36.4 Å². The zero-order valence-corrected chi connectivity index (χ0v) is 16.1. The Kier molecular flexibility index (Phi) is 5.21. The third kappa shape index (κ3) is 3.82. The van der Waals surface area contributed by atoms with Gasteiger partial charge in [0.15, 0.2) is 0 Å². The Balaban J connectivity index is 1.68. The fraction of sp³-hybridized carbons (Fsp3) is 0.318. The lowest BCUT2D eigenvalue weighted by molar-refractivity contribution is 0.395. The first-order valence-corrected chi connectivity index (χ1v) is 9.76. The van der Waals surface area contributed by atoms with Crippen LogP contribution in [-0.2, 0) is 0 Å². The third-order valence-corrected chi connectivity index (χ3v) is 5.49. The van der Waals surface area contributed by atoms with Gasteiger partial charge in [-0.05, 0) is 43.7 Å². The molecule has 3 aromatic rings. The highest BCUT2D eigenvalue weighted by atomic mass is 15.2. The molecule has 6 heteroatoms. The summed E-state index contributed by atoms with van der Waals surface area (Å²) < 4.78 is 0. The molecule has 0 radical (unpaired) electrons. The number of nitrogens with zero attached hydrogens (tertiary/aromatic N) is 4. The molecule has 6 nitrogen and oxygen atoms in total. The molecule has 0 aliphatic heterocycles. The van der Waals surface area contributed by atoms with Crippen molar-refractivity contribution >= 4 is 17.6 Å². The van der Waals surface area contributed by atoms with Crippen molar-refractivity contribution in [1.82, 2.24) is 15.0 Å². The SMILES string of the molecule is CN(c1cccc(-c2ccccc2)n1)c1nc(N)ncc1C1CCC(N)CC1. The minimum atomic E-state index is 0.275. The maximum atomic E-state index is 6.09. The van der Waals surface area contributed by atoms with Crippen molar-refractivity contribution in [1.29, 1.82) is 0 Å². The molecule has 4 N–H and O–H groups in total. The lowest BCUT2D eigenvalue weighted by atomic mass is 9.82. The largest absolute Gasteiger partial charge is 0.368 e. The van der Waals surface area contributed by atoms with Crippen LogP contribution in [0.5, 0.6) is 0 Å². The van der Waals surface area contributed by atoms with Gasteiger partial charge in [0.25, 0.3) is 0 Å². The van der Waals surface area contributed by atoms with Crippen LogP contribution in [0.25, 0.3) is 11.3 Å². The summed E-state index contributed by atoms with van der Waals surface area (Å²) >= 11 is 0. The number of aromatic nitrogens is 3. The monoisotopic (exact) mass is 374 g/mol. The first-order valence-electron chi connectivity index (χ1n) is 9.76. The van der Waals surface area contributed by atoms with Gasteiger partial charge >= 0.3 is 0 Å². The molecule has 1 fully saturated rings. The highest BCUT2D eigenvalue weighted by Gasteiger charge is 2.25. The van der Waals surface area contributed by atoms with Crippen molar-refractivity contribution in [2.24, 2.45) is 5.73 Å². The number of anilines is 3. The van der Waals surface area contributed by atoms with Gasteiger partial charge in [0.2, 0.25) is 5.95 Å². The van der Waals surface area contributed by atoms with E-state index >= 15 is 0 Å². The minimum absolute atomic E-state index is 0.275. The molecule has 2 aromatic heterocycles. The fourth-order valence-corrected chi connectivity index (χ4v) is 3.87. The Morgan fingerprint density at radius 1 is 0.929 bits per heavy atom. The highest BCUT2D eigenvalue weighted by molar-refractivity contribution is 5.65. The van der Waals surface area contributed by atoms with Gasteiger partial charge in [0, 0.05) is 30.4 Å². The summed E-state index contributed by atoms with van der Waals surface area (Å²) in [6, 6.07) is 16.5. The zero-order chi connectivity index (χ0) is 19.5. The van der Waals surface area contributed by atoms with Crippen molar-refractivity contribution in [3.05, 3.63) is 60.3 Å². The van der Waals surface area contributed by atoms with Crippen molar-refractivity contribution in [2.45, 2.75) is 37.6 Å². The van der Waals surface area contributed by atoms with Crippen molar-refractivity contribution in [2.75, 3.05) is 17.7 Å². The van der Waals surface area contributed by atoms with E-state index in [1.165, 1.54) is 0 Å². The van der Waals surface area contributed by atoms with Crippen LogP contribution in [0.2, 0.25) is 0 Å². The van der Waals surface area contributed by atoms with Crippen LogP contribution in [0.4, 0.5) is 17.6 Å². The zero-order valence-electron chi connectivity index (χ0n) is 16.1. The second-order valence-corrected chi connectivity index (χ2v) is 7.42. The van der Waals surface area contributed by atoms with Crippen LogP contribution in [-0.4, -0.2) is 28.0 Å². The Bertz CT molecular complexity index is 935. The minimum Gasteiger partial charge on any atom is -0.368 e. The van der Waals surface area contributed by atoms with Crippen LogP contribution in [0.1, 0.15) is 37.2 Å². The Hall–Kier alpha value is -2.99. The number of hydrogen-bond donors (Lipinski definition) is 2. The summed E-state index contributed by atoms with van der Waals surface area (Å²) in [5.74, 6) is 2.33. The van der Waals surface area contributed by atoms with Crippen LogP contribution in [0, 0.1) is 0 Å². The van der Waals surface area contributed by atoms with E-state index in [1.807, 2.05) is 54.5 Å². The molecule has 0 bridgehead atoms. The Morgan fingerprint density at radius 2 is 1.68 bits per heavy atom. The van der Waals surface area contributed by atoms with Gasteiger partial charge in [-0.25, -0.2) is 9.97 Å². The lowest BCUT2D eigenvalue weighted by Crippen LogP contribution is -2.27. The van der Waals surface area contributed by atoms with Crippen LogP contribution in [0.3, 0.4) is 0 Å². The van der Waals surface area contributed by atoms with Crippen LogP contribution in [0.15, 0.2) is 54.7 Å². The lowest BCUT2D eigenvalue weighted by Gasteiger charge is -2.29. The summed E-state index contributed by atoms with van der Waals surface area (Å²) in [4.78, 5) is 15.7. The van der Waals surface area contributed by atoms with Gasteiger partial charge in [0.05, 0.1) is 5.69 Å². The quantitative estimate of drug-likeness (QED) is 0.720. The average Bonchev–Trinajstić information content (AvgIpc) is 2.75. The summed E-state index contributed by atoms with van der Waals surface area (Å²) in [6.45, 7) is 0. The number of pyridine rings is 1. The van der Waals surface area contributed by atoms with E-state index in [1.54, 1.807) is 0 Å². The molecular formula is C22H26N6. The molecule has 2 heterocycles. The first-order chi connectivity index (χ1) is 13.6. The topological polar surface area (TPSA) is 94.0 Å². The van der Waals surface area contributed by atoms with Crippen molar-refractivity contribution in [3.63, 3.8) is 0 Å². The van der Waals surface area contributed by atoms with Gasteiger partial charge < -0.3 is 16.4 Å². The second kappa shape index (κ2) is 7.94. The molecule has 0 saturated heterocycles. The second-order valence-electron chi connectivity index (χ2n) is 7.42. The molecule has 1 aromatic carbocycles. The van der Waals surface area contributed by atoms with Gasteiger partial charge in [-0.2, -0.15) is 4.98 Å². The van der Waals surface area contributed by atoms with Crippen molar-refractivity contribution < 1.29 is 0 Å². The molecule has 1 aliphatic carbocycles. The predicted molar refractivity (Wildman–Crippen MR) is 113 cm³/mol. The molecule has 0 unspecified atom stereocenters. The van der Waals surface area contributed by atoms with E-state index in [9.17, 15) is 0 Å². The summed E-state index contributed by atoms with van der Waals surface area (Å²) in [5.41, 5.74) is 15.1. The Labute approximate surface area is 165 Å². The van der Waals surface area contributed by atoms with Gasteiger partial charge in [-0.3, -0.25) is 0 Å². The number of benzene rings is 1. The smallest absolute Gasteiger partial charge is 0.221 e. The van der Waals surface area contributed by atoms with Crippen LogP contribution >= 0.6 is 0 Å². The van der Waals surface area contributed by atoms with E-state index in [0.29, 0.717) is 12.0 Å². The molecule has 28 heavy (non-hydrogen) atoms. The normalized spacial score (nSPS) is 19.4. The standard InChI is InChI=1S/C22H26N6/c1-28(20-9-5-8-19(26-20)16-6-3-2-4-7-16)21-18(14-25-22(24)27-21)15-10-12-17(23)13-11-15/h2-9,14-15,17H,10-13,23H2,1H3,(H2,24,25,27). The van der Waals surface area contributed by atoms with E-state index < -0.39 is 0 Å². The number of nitrogen functional groups attached to an aromatic ring is 1. The molecule has 1 aliphatic rings. The average molecular weight is 374 g/mol. The van der Waals surface area contributed by atoms with Crippen LogP contribution < -0.4 is 16.4 Å². The maximum absolute atomic E-state index is 6.09. The third-order valence-electron chi connectivity index (χ3n) is 5.49. The molecule has 0 spiro atoms. The number of rotatable bonds is 4. The number of hydrogen-bond acceptors (Lipinski definition) is 6. The molecular weight excluding hydrogens is 348 g/mol. The van der Waals surface area contributed by atoms with E-state index in [4.69, 9.17) is 16.5 Å². The molecule has 0 atom stereocenters. The van der Waals surface area contributed by atoms with Gasteiger partial charge in [0.1, 0.15) is 11.6 Å². The summed E-state index contributed by atoms with van der Waals surface area (Å²) in [5, 5.41) is 0. The Morgan fingerprint density at radius 3 is 2.43 bits per heavy atom. The first kappa shape index (κ1) is 18.4. The molecule has 144 valence electrons. The predicted octanol–water partition coefficient (Wildman–Crippen LogP) is 3.87. The highest BCUT2D eigenvalue weighted by Crippen LogP contribution is 2.38. The van der Waals surface area contributed by atoms with Gasteiger partial charge in [-0.15, -0.1) is 0 Å². The fourth-order valence-electron chi connectivity index (χ4n) is 3.87. The summed E-state index contributed by atoms with van der Waals surface area (Å²) in [7, 11) is 1.98. The molecule has 1 saturated carbocycles. The molecule has 0 amide bonds. The van der Waals surface area contributed by atoms with Crippen molar-refractivity contribution in [3.8, 4) is 11.3 Å².